The SMILES string of the molecule is Cc1cc2[nH]c(C(=O)Nc3ccccc3)c(CN3CCCC3)c2s1. The van der Waals surface area contributed by atoms with Crippen LogP contribution in [-0.4, -0.2) is 28.9 Å². The molecule has 0 atom stereocenters. The number of amides is 1. The summed E-state index contributed by atoms with van der Waals surface area (Å²) in [5.41, 5.74) is 3.74. The van der Waals surface area contributed by atoms with Crippen LogP contribution in [0.2, 0.25) is 0 Å². The normalized spacial score (nSPS) is 15.2. The highest BCUT2D eigenvalue weighted by Gasteiger charge is 2.22. The van der Waals surface area contributed by atoms with E-state index >= 15 is 0 Å². The molecule has 0 aliphatic carbocycles. The molecular weight excluding hydrogens is 318 g/mol. The first-order valence-corrected chi connectivity index (χ1v) is 9.22. The molecule has 1 aliphatic heterocycles. The van der Waals surface area contributed by atoms with Gasteiger partial charge in [-0.05, 0) is 51.1 Å². The molecule has 0 saturated carbocycles. The zero-order chi connectivity index (χ0) is 16.5. The van der Waals surface area contributed by atoms with Gasteiger partial charge in [0.25, 0.3) is 5.91 Å². The number of rotatable bonds is 4. The molecule has 2 aromatic heterocycles. The van der Waals surface area contributed by atoms with E-state index in [0.29, 0.717) is 5.69 Å². The molecule has 0 unspecified atom stereocenters. The fourth-order valence-corrected chi connectivity index (χ4v) is 4.39. The molecular formula is C19H21N3OS. The van der Waals surface area contributed by atoms with E-state index in [-0.39, 0.29) is 5.91 Å². The summed E-state index contributed by atoms with van der Waals surface area (Å²) >= 11 is 1.77. The molecule has 0 spiro atoms. The van der Waals surface area contributed by atoms with Gasteiger partial charge in [-0.2, -0.15) is 0 Å². The number of H-pyrrole nitrogens is 1. The van der Waals surface area contributed by atoms with Gasteiger partial charge in [0, 0.05) is 22.7 Å². The Labute approximate surface area is 145 Å². The molecule has 3 aromatic rings. The van der Waals surface area contributed by atoms with Crippen LogP contribution in [0.15, 0.2) is 36.4 Å². The quantitative estimate of drug-likeness (QED) is 0.741. The molecule has 124 valence electrons. The summed E-state index contributed by atoms with van der Waals surface area (Å²) in [6.45, 7) is 5.20. The first kappa shape index (κ1) is 15.4. The molecule has 4 rings (SSSR count). The average molecular weight is 339 g/mol. The lowest BCUT2D eigenvalue weighted by Gasteiger charge is -2.15. The van der Waals surface area contributed by atoms with Crippen molar-refractivity contribution in [3.05, 3.63) is 52.5 Å². The maximum absolute atomic E-state index is 12.8. The number of nitrogens with zero attached hydrogens (tertiary/aromatic N) is 1. The minimum Gasteiger partial charge on any atom is -0.350 e. The van der Waals surface area contributed by atoms with Crippen molar-refractivity contribution in [3.8, 4) is 0 Å². The Morgan fingerprint density at radius 3 is 2.75 bits per heavy atom. The predicted octanol–water partition coefficient (Wildman–Crippen LogP) is 4.39. The van der Waals surface area contributed by atoms with Crippen LogP contribution in [-0.2, 0) is 6.54 Å². The van der Waals surface area contributed by atoms with E-state index in [1.807, 2.05) is 30.3 Å². The smallest absolute Gasteiger partial charge is 0.272 e. The largest absolute Gasteiger partial charge is 0.350 e. The Hall–Kier alpha value is -2.11. The number of anilines is 1. The van der Waals surface area contributed by atoms with Crippen molar-refractivity contribution < 1.29 is 4.79 Å². The van der Waals surface area contributed by atoms with Gasteiger partial charge in [0.2, 0.25) is 0 Å². The second-order valence-electron chi connectivity index (χ2n) is 6.38. The zero-order valence-electron chi connectivity index (χ0n) is 13.8. The van der Waals surface area contributed by atoms with Crippen LogP contribution in [0.5, 0.6) is 0 Å². The van der Waals surface area contributed by atoms with Gasteiger partial charge in [0.1, 0.15) is 5.69 Å². The highest BCUT2D eigenvalue weighted by molar-refractivity contribution is 7.19. The molecule has 3 heterocycles. The van der Waals surface area contributed by atoms with Crippen LogP contribution >= 0.6 is 11.3 Å². The predicted molar refractivity (Wildman–Crippen MR) is 99.8 cm³/mol. The number of hydrogen-bond donors (Lipinski definition) is 2. The third-order valence-electron chi connectivity index (χ3n) is 4.53. The molecule has 0 radical (unpaired) electrons. The lowest BCUT2D eigenvalue weighted by molar-refractivity contribution is 0.102. The molecule has 1 amide bonds. The molecule has 0 bridgehead atoms. The number of nitrogens with one attached hydrogen (secondary N) is 2. The number of hydrogen-bond acceptors (Lipinski definition) is 3. The summed E-state index contributed by atoms with van der Waals surface area (Å²) in [6, 6.07) is 11.8. The molecule has 2 N–H and O–H groups in total. The third kappa shape index (κ3) is 2.97. The monoisotopic (exact) mass is 339 g/mol. The first-order valence-electron chi connectivity index (χ1n) is 8.40. The molecule has 1 saturated heterocycles. The van der Waals surface area contributed by atoms with Crippen molar-refractivity contribution in [3.63, 3.8) is 0 Å². The Balaban J connectivity index is 1.68. The fourth-order valence-electron chi connectivity index (χ4n) is 3.38. The van der Waals surface area contributed by atoms with E-state index in [0.717, 1.165) is 36.4 Å². The minimum atomic E-state index is -0.0588. The summed E-state index contributed by atoms with van der Waals surface area (Å²) < 4.78 is 1.22. The first-order chi connectivity index (χ1) is 11.7. The summed E-state index contributed by atoms with van der Waals surface area (Å²) in [6.07, 6.45) is 2.51. The van der Waals surface area contributed by atoms with Gasteiger partial charge < -0.3 is 10.3 Å². The van der Waals surface area contributed by atoms with E-state index < -0.39 is 0 Å². The highest BCUT2D eigenvalue weighted by atomic mass is 32.1. The molecule has 24 heavy (non-hydrogen) atoms. The van der Waals surface area contributed by atoms with Gasteiger partial charge >= 0.3 is 0 Å². The Morgan fingerprint density at radius 1 is 1.25 bits per heavy atom. The van der Waals surface area contributed by atoms with Gasteiger partial charge in [-0.3, -0.25) is 9.69 Å². The summed E-state index contributed by atoms with van der Waals surface area (Å²) in [5.74, 6) is -0.0588. The Bertz CT molecular complexity index is 860. The molecule has 1 aromatic carbocycles. The van der Waals surface area contributed by atoms with Crippen molar-refractivity contribution >= 4 is 33.1 Å². The number of aryl methyl sites for hydroxylation is 1. The van der Waals surface area contributed by atoms with E-state index in [4.69, 9.17) is 0 Å². The van der Waals surface area contributed by atoms with E-state index in [9.17, 15) is 4.79 Å². The van der Waals surface area contributed by atoms with Gasteiger partial charge in [-0.1, -0.05) is 18.2 Å². The zero-order valence-corrected chi connectivity index (χ0v) is 14.6. The molecule has 5 heteroatoms. The van der Waals surface area contributed by atoms with Crippen molar-refractivity contribution in [2.24, 2.45) is 0 Å². The molecule has 1 aliphatic rings. The lowest BCUT2D eigenvalue weighted by atomic mass is 10.2. The standard InChI is InChI=1S/C19H21N3OS/c1-13-11-16-18(24-13)15(12-22-9-5-6-10-22)17(21-16)19(23)20-14-7-3-2-4-8-14/h2-4,7-8,11,21H,5-6,9-10,12H2,1H3,(H,20,23). The maximum Gasteiger partial charge on any atom is 0.272 e. The van der Waals surface area contributed by atoms with Crippen LogP contribution in [0.3, 0.4) is 0 Å². The van der Waals surface area contributed by atoms with Crippen molar-refractivity contribution in [1.82, 2.24) is 9.88 Å². The lowest BCUT2D eigenvalue weighted by Crippen LogP contribution is -2.21. The number of carbonyl (C=O) groups excluding carboxylic acids is 1. The van der Waals surface area contributed by atoms with Crippen molar-refractivity contribution in [2.45, 2.75) is 26.3 Å². The van der Waals surface area contributed by atoms with E-state index in [1.165, 1.54) is 22.4 Å². The topological polar surface area (TPSA) is 48.1 Å². The number of carbonyl (C=O) groups is 1. The van der Waals surface area contributed by atoms with Crippen LogP contribution in [0.25, 0.3) is 10.2 Å². The third-order valence-corrected chi connectivity index (χ3v) is 5.64. The van der Waals surface area contributed by atoms with Gasteiger partial charge in [0.15, 0.2) is 0 Å². The number of fused-ring (bicyclic) bond motifs is 1. The Morgan fingerprint density at radius 2 is 2.00 bits per heavy atom. The average Bonchev–Trinajstić information content (AvgIpc) is 3.27. The van der Waals surface area contributed by atoms with Gasteiger partial charge in [-0.15, -0.1) is 11.3 Å². The van der Waals surface area contributed by atoms with Crippen LogP contribution in [0, 0.1) is 6.92 Å². The Kier molecular flexibility index (Phi) is 4.12. The second-order valence-corrected chi connectivity index (χ2v) is 7.64. The van der Waals surface area contributed by atoms with Crippen LogP contribution in [0.4, 0.5) is 5.69 Å². The van der Waals surface area contributed by atoms with Gasteiger partial charge in [-0.25, -0.2) is 0 Å². The van der Waals surface area contributed by atoms with Crippen LogP contribution in [0.1, 0.15) is 33.8 Å². The number of aromatic amines is 1. The van der Waals surface area contributed by atoms with Crippen molar-refractivity contribution in [1.29, 1.82) is 0 Å². The highest BCUT2D eigenvalue weighted by Crippen LogP contribution is 2.32. The van der Waals surface area contributed by atoms with Crippen molar-refractivity contribution in [2.75, 3.05) is 18.4 Å². The van der Waals surface area contributed by atoms with Gasteiger partial charge in [0.05, 0.1) is 10.2 Å². The van der Waals surface area contributed by atoms with Crippen LogP contribution < -0.4 is 5.32 Å². The fraction of sp³-hybridized carbons (Fsp3) is 0.316. The maximum atomic E-state index is 12.8. The minimum absolute atomic E-state index is 0.0588. The number of aromatic nitrogens is 1. The second kappa shape index (κ2) is 6.42. The van der Waals surface area contributed by atoms with E-state index in [2.05, 4.69) is 28.2 Å². The number of likely N-dealkylation sites (tertiary alicyclic amines) is 1. The number of para-hydroxylation sites is 1. The molecule has 4 nitrogen and oxygen atoms in total. The number of thiophene rings is 1. The number of benzene rings is 1. The molecule has 1 fully saturated rings. The van der Waals surface area contributed by atoms with E-state index in [1.54, 1.807) is 11.3 Å². The summed E-state index contributed by atoms with van der Waals surface area (Å²) in [5, 5.41) is 3.00. The summed E-state index contributed by atoms with van der Waals surface area (Å²) in [4.78, 5) is 19.9. The summed E-state index contributed by atoms with van der Waals surface area (Å²) in [7, 11) is 0.